The molecule has 0 unspecified atom stereocenters. The Hall–Kier alpha value is -1.64. The van der Waals surface area contributed by atoms with E-state index in [-0.39, 0.29) is 23.9 Å². The van der Waals surface area contributed by atoms with Gasteiger partial charge in [-0.1, -0.05) is 12.1 Å². The Morgan fingerprint density at radius 1 is 1.26 bits per heavy atom. The summed E-state index contributed by atoms with van der Waals surface area (Å²) in [6.45, 7) is 0.525. The molecule has 1 aliphatic rings. The normalized spacial score (nSPS) is 17.6. The van der Waals surface area contributed by atoms with Crippen LogP contribution in [0.4, 0.5) is 5.69 Å². The third kappa shape index (κ3) is 2.55. The van der Waals surface area contributed by atoms with Gasteiger partial charge >= 0.3 is 0 Å². The Morgan fingerprint density at radius 3 is 2.58 bits per heavy atom. The number of nitrogens with one attached hydrogen (secondary N) is 1. The molecule has 0 atom stereocenters. The van der Waals surface area contributed by atoms with Crippen molar-refractivity contribution >= 4 is 21.6 Å². The Kier molecular flexibility index (Phi) is 3.74. The molecule has 1 aliphatic heterocycles. The summed E-state index contributed by atoms with van der Waals surface area (Å²) in [5.41, 5.74) is 2.67. The number of nitrogens with zero attached hydrogens (tertiary/aromatic N) is 2. The predicted octanol–water partition coefficient (Wildman–Crippen LogP) is -0.565. The predicted molar refractivity (Wildman–Crippen MR) is 70.6 cm³/mol. The minimum atomic E-state index is -3.72. The molecule has 2 rings (SSSR count). The van der Waals surface area contributed by atoms with Gasteiger partial charge in [-0.2, -0.15) is 4.31 Å². The van der Waals surface area contributed by atoms with E-state index in [2.05, 4.69) is 5.43 Å². The fraction of sp³-hybridized carbons (Fsp3) is 0.364. The summed E-state index contributed by atoms with van der Waals surface area (Å²) >= 11 is 0. The van der Waals surface area contributed by atoms with Gasteiger partial charge in [-0.05, 0) is 12.1 Å². The molecule has 0 radical (unpaired) electrons. The lowest BCUT2D eigenvalue weighted by Crippen LogP contribution is -2.50. The highest BCUT2D eigenvalue weighted by molar-refractivity contribution is 7.89. The van der Waals surface area contributed by atoms with Gasteiger partial charge in [0.2, 0.25) is 15.9 Å². The molecule has 7 nitrogen and oxygen atoms in total. The second-order valence-electron chi connectivity index (χ2n) is 4.29. The number of benzene rings is 1. The van der Waals surface area contributed by atoms with E-state index in [9.17, 15) is 13.2 Å². The van der Waals surface area contributed by atoms with Crippen molar-refractivity contribution < 1.29 is 13.2 Å². The number of sulfonamides is 1. The van der Waals surface area contributed by atoms with E-state index in [1.807, 2.05) is 0 Å². The molecule has 0 saturated carbocycles. The van der Waals surface area contributed by atoms with E-state index < -0.39 is 10.0 Å². The van der Waals surface area contributed by atoms with Crippen molar-refractivity contribution in [1.82, 2.24) is 9.21 Å². The summed E-state index contributed by atoms with van der Waals surface area (Å²) in [5, 5.41) is 0. The van der Waals surface area contributed by atoms with Gasteiger partial charge in [-0.25, -0.2) is 8.42 Å². The number of nitrogen functional groups attached to an aromatic ring is 1. The minimum Gasteiger partial charge on any atom is -0.343 e. The molecule has 1 aromatic carbocycles. The maximum atomic E-state index is 12.5. The molecule has 0 aromatic heterocycles. The quantitative estimate of drug-likeness (QED) is 0.573. The highest BCUT2D eigenvalue weighted by atomic mass is 32.2. The first kappa shape index (κ1) is 13.8. The molecule has 0 spiro atoms. The van der Waals surface area contributed by atoms with E-state index >= 15 is 0 Å². The van der Waals surface area contributed by atoms with Crippen LogP contribution < -0.4 is 11.3 Å². The summed E-state index contributed by atoms with van der Waals surface area (Å²) < 4.78 is 26.1. The Morgan fingerprint density at radius 2 is 1.95 bits per heavy atom. The lowest BCUT2D eigenvalue weighted by Gasteiger charge is -2.31. The number of rotatable bonds is 3. The van der Waals surface area contributed by atoms with Gasteiger partial charge in [-0.15, -0.1) is 0 Å². The summed E-state index contributed by atoms with van der Waals surface area (Å²) in [4.78, 5) is 13.2. The first-order valence-corrected chi connectivity index (χ1v) is 7.20. The van der Waals surface area contributed by atoms with Crippen molar-refractivity contribution in [3.05, 3.63) is 24.3 Å². The third-order valence-electron chi connectivity index (χ3n) is 3.08. The monoisotopic (exact) mass is 284 g/mol. The van der Waals surface area contributed by atoms with Crippen molar-refractivity contribution in [1.29, 1.82) is 0 Å². The number of nitrogens with two attached hydrogens (primary N) is 1. The van der Waals surface area contributed by atoms with Crippen LogP contribution in [0.25, 0.3) is 0 Å². The average Bonchev–Trinajstić information content (AvgIpc) is 2.41. The number of hydrogen-bond acceptors (Lipinski definition) is 5. The van der Waals surface area contributed by atoms with Crippen LogP contribution >= 0.6 is 0 Å². The summed E-state index contributed by atoms with van der Waals surface area (Å²) in [7, 11) is -2.06. The second-order valence-corrected chi connectivity index (χ2v) is 6.20. The van der Waals surface area contributed by atoms with E-state index in [0.717, 1.165) is 0 Å². The van der Waals surface area contributed by atoms with Crippen LogP contribution in [-0.4, -0.2) is 50.2 Å². The number of para-hydroxylation sites is 1. The molecule has 1 saturated heterocycles. The molecule has 1 heterocycles. The van der Waals surface area contributed by atoms with Crippen molar-refractivity contribution in [3.8, 4) is 0 Å². The minimum absolute atomic E-state index is 0.0786. The molecule has 8 heteroatoms. The zero-order chi connectivity index (χ0) is 14.0. The van der Waals surface area contributed by atoms with Gasteiger partial charge < -0.3 is 10.3 Å². The molecular formula is C11H16N4O3S. The molecule has 3 N–H and O–H groups in total. The first-order valence-electron chi connectivity index (χ1n) is 5.76. The van der Waals surface area contributed by atoms with E-state index in [1.165, 1.54) is 15.3 Å². The fourth-order valence-corrected chi connectivity index (χ4v) is 3.43. The number of carbonyl (C=O) groups excluding carboxylic acids is 1. The van der Waals surface area contributed by atoms with Crippen LogP contribution in [0.5, 0.6) is 0 Å². The number of carbonyl (C=O) groups is 1. The molecular weight excluding hydrogens is 268 g/mol. The number of hydrazine groups is 1. The maximum Gasteiger partial charge on any atom is 0.245 e. The van der Waals surface area contributed by atoms with Crippen LogP contribution in [0.15, 0.2) is 29.2 Å². The summed E-state index contributed by atoms with van der Waals surface area (Å²) in [6.07, 6.45) is 0. The van der Waals surface area contributed by atoms with Crippen LogP contribution in [0.2, 0.25) is 0 Å². The highest BCUT2D eigenvalue weighted by Gasteiger charge is 2.32. The van der Waals surface area contributed by atoms with Gasteiger partial charge in [0.1, 0.15) is 4.90 Å². The number of piperazine rings is 1. The molecule has 19 heavy (non-hydrogen) atoms. The van der Waals surface area contributed by atoms with E-state index in [1.54, 1.807) is 25.2 Å². The van der Waals surface area contributed by atoms with Gasteiger partial charge in [-0.3, -0.25) is 10.6 Å². The van der Waals surface area contributed by atoms with E-state index in [0.29, 0.717) is 12.2 Å². The second kappa shape index (κ2) is 5.16. The topological polar surface area (TPSA) is 95.7 Å². The SMILES string of the molecule is CN1CCN(S(=O)(=O)c2ccccc2NN)CC1=O. The van der Waals surface area contributed by atoms with E-state index in [4.69, 9.17) is 5.84 Å². The van der Waals surface area contributed by atoms with Crippen molar-refractivity contribution in [2.75, 3.05) is 32.1 Å². The van der Waals surface area contributed by atoms with Crippen LogP contribution in [0, 0.1) is 0 Å². The molecule has 0 aliphatic carbocycles. The number of hydrogen-bond donors (Lipinski definition) is 2. The molecule has 1 fully saturated rings. The smallest absolute Gasteiger partial charge is 0.245 e. The zero-order valence-electron chi connectivity index (χ0n) is 10.5. The van der Waals surface area contributed by atoms with Crippen molar-refractivity contribution in [3.63, 3.8) is 0 Å². The Bertz CT molecular complexity index is 587. The number of amides is 1. The van der Waals surface area contributed by atoms with Gasteiger partial charge in [0, 0.05) is 20.1 Å². The lowest BCUT2D eigenvalue weighted by atomic mass is 10.3. The Balaban J connectivity index is 2.35. The van der Waals surface area contributed by atoms with Crippen molar-refractivity contribution in [2.24, 2.45) is 5.84 Å². The van der Waals surface area contributed by atoms with Crippen LogP contribution in [0.3, 0.4) is 0 Å². The standard InChI is InChI=1S/C11H16N4O3S/c1-14-6-7-15(8-11(14)16)19(17,18)10-5-3-2-4-9(10)13-12/h2-5,13H,6-8,12H2,1H3. The number of likely N-dealkylation sites (N-methyl/N-ethyl adjacent to an activating group) is 1. The van der Waals surface area contributed by atoms with Gasteiger partial charge in [0.15, 0.2) is 0 Å². The largest absolute Gasteiger partial charge is 0.343 e. The average molecular weight is 284 g/mol. The van der Waals surface area contributed by atoms with Gasteiger partial charge in [0.25, 0.3) is 0 Å². The van der Waals surface area contributed by atoms with Crippen molar-refractivity contribution in [2.45, 2.75) is 4.90 Å². The van der Waals surface area contributed by atoms with Gasteiger partial charge in [0.05, 0.1) is 12.2 Å². The highest BCUT2D eigenvalue weighted by Crippen LogP contribution is 2.24. The zero-order valence-corrected chi connectivity index (χ0v) is 11.4. The Labute approximate surface area is 112 Å². The maximum absolute atomic E-state index is 12.5. The van der Waals surface area contributed by atoms with Crippen LogP contribution in [0.1, 0.15) is 0 Å². The molecule has 1 amide bonds. The molecule has 0 bridgehead atoms. The van der Waals surface area contributed by atoms with Crippen LogP contribution in [-0.2, 0) is 14.8 Å². The summed E-state index contributed by atoms with van der Waals surface area (Å²) in [6, 6.07) is 6.34. The first-order chi connectivity index (χ1) is 8.96. The fourth-order valence-electron chi connectivity index (χ4n) is 1.89. The summed E-state index contributed by atoms with van der Waals surface area (Å²) in [5.74, 6) is 5.10. The number of anilines is 1. The molecule has 104 valence electrons. The molecule has 1 aromatic rings. The third-order valence-corrected chi connectivity index (χ3v) is 4.99. The lowest BCUT2D eigenvalue weighted by molar-refractivity contribution is -0.132.